The number of hydrogen-bond acceptors (Lipinski definition) is 6. The van der Waals surface area contributed by atoms with E-state index >= 15 is 0 Å². The molecule has 38 heavy (non-hydrogen) atoms. The van der Waals surface area contributed by atoms with Crippen LogP contribution in [0.4, 0.5) is 0 Å². The normalized spacial score (nSPS) is 16.2. The Morgan fingerprint density at radius 3 is 1.16 bits per heavy atom. The molecule has 2 aliphatic heterocycles. The van der Waals surface area contributed by atoms with Crippen molar-refractivity contribution in [3.63, 3.8) is 0 Å². The molecule has 0 saturated carbocycles. The first-order chi connectivity index (χ1) is 16.9. The third kappa shape index (κ3) is 9.07. The van der Waals surface area contributed by atoms with Gasteiger partial charge in [-0.15, -0.1) is 49.6 Å². The Morgan fingerprint density at radius 1 is 0.526 bits per heavy atom. The van der Waals surface area contributed by atoms with Crippen LogP contribution in [0.5, 0.6) is 0 Å². The summed E-state index contributed by atoms with van der Waals surface area (Å²) in [5.74, 6) is 0. The number of benzene rings is 3. The summed E-state index contributed by atoms with van der Waals surface area (Å²) in [7, 11) is 0. The number of rotatable bonds is 10. The zero-order valence-electron chi connectivity index (χ0n) is 21.9. The minimum absolute atomic E-state index is 0. The second-order valence-electron chi connectivity index (χ2n) is 9.31. The van der Waals surface area contributed by atoms with Crippen LogP contribution in [-0.2, 0) is 22.6 Å². The van der Waals surface area contributed by atoms with Gasteiger partial charge in [-0.05, 0) is 32.7 Å². The van der Waals surface area contributed by atoms with E-state index in [0.29, 0.717) is 0 Å². The smallest absolute Gasteiger partial charge is 0.0594 e. The molecule has 2 fully saturated rings. The highest BCUT2D eigenvalue weighted by Gasteiger charge is 2.15. The average Bonchev–Trinajstić information content (AvgIpc) is 2.90. The van der Waals surface area contributed by atoms with Crippen molar-refractivity contribution in [1.82, 2.24) is 20.4 Å². The molecule has 0 atom stereocenters. The standard InChI is InChI=1S/C28H38N4O2.4ClH/c1-2-6-24-23(5-1)27(21-29-9-11-31-13-17-33-18-14-31)25-7-3-4-8-26(25)28(24)22-30-10-12-32-15-19-34-20-16-32;;;;/h1-8,29-30H,9-22H2;4*1H. The molecule has 0 unspecified atom stereocenters. The van der Waals surface area contributed by atoms with E-state index in [2.05, 4.69) is 69.0 Å². The summed E-state index contributed by atoms with van der Waals surface area (Å²) in [4.78, 5) is 4.97. The number of hydrogen-bond donors (Lipinski definition) is 2. The first-order valence-corrected chi connectivity index (χ1v) is 12.8. The number of nitrogens with one attached hydrogen (secondary N) is 2. The van der Waals surface area contributed by atoms with Crippen LogP contribution < -0.4 is 10.6 Å². The molecular formula is C28H42Cl4N4O2. The van der Waals surface area contributed by atoms with Crippen molar-refractivity contribution >= 4 is 71.2 Å². The fraction of sp³-hybridized carbons (Fsp3) is 0.500. The van der Waals surface area contributed by atoms with Crippen LogP contribution in [0.25, 0.3) is 21.5 Å². The van der Waals surface area contributed by atoms with E-state index in [1.165, 1.54) is 32.7 Å². The van der Waals surface area contributed by atoms with Gasteiger partial charge in [-0.3, -0.25) is 9.80 Å². The molecule has 3 aromatic rings. The third-order valence-electron chi connectivity index (χ3n) is 7.18. The molecule has 0 radical (unpaired) electrons. The minimum atomic E-state index is 0. The number of halogens is 4. The largest absolute Gasteiger partial charge is 0.379 e. The highest BCUT2D eigenvalue weighted by atomic mass is 35.5. The summed E-state index contributed by atoms with van der Waals surface area (Å²) in [5.41, 5.74) is 2.82. The van der Waals surface area contributed by atoms with Gasteiger partial charge in [-0.25, -0.2) is 0 Å². The van der Waals surface area contributed by atoms with Gasteiger partial charge in [0.1, 0.15) is 0 Å². The molecule has 2 saturated heterocycles. The molecule has 0 spiro atoms. The van der Waals surface area contributed by atoms with E-state index in [0.717, 1.165) is 91.9 Å². The maximum absolute atomic E-state index is 5.47. The summed E-state index contributed by atoms with van der Waals surface area (Å²) in [6.07, 6.45) is 0. The molecular weight excluding hydrogens is 566 g/mol. The van der Waals surface area contributed by atoms with E-state index in [1.54, 1.807) is 0 Å². The molecule has 214 valence electrons. The van der Waals surface area contributed by atoms with Gasteiger partial charge in [0.15, 0.2) is 0 Å². The fourth-order valence-electron chi connectivity index (χ4n) is 5.24. The Labute approximate surface area is 251 Å². The van der Waals surface area contributed by atoms with Crippen LogP contribution >= 0.6 is 49.6 Å². The lowest BCUT2D eigenvalue weighted by Gasteiger charge is -2.27. The molecule has 0 aliphatic carbocycles. The Hall–Kier alpha value is -0.900. The summed E-state index contributed by atoms with van der Waals surface area (Å²) >= 11 is 0. The van der Waals surface area contributed by atoms with Gasteiger partial charge in [0.2, 0.25) is 0 Å². The minimum Gasteiger partial charge on any atom is -0.379 e. The summed E-state index contributed by atoms with van der Waals surface area (Å²) in [6, 6.07) is 17.8. The van der Waals surface area contributed by atoms with Gasteiger partial charge < -0.3 is 20.1 Å². The predicted molar refractivity (Wildman–Crippen MR) is 168 cm³/mol. The van der Waals surface area contributed by atoms with Gasteiger partial charge in [0.25, 0.3) is 0 Å². The van der Waals surface area contributed by atoms with Crippen LogP contribution in [0.15, 0.2) is 48.5 Å². The molecule has 6 nitrogen and oxygen atoms in total. The molecule has 2 heterocycles. The number of fused-ring (bicyclic) bond motifs is 2. The maximum Gasteiger partial charge on any atom is 0.0594 e. The van der Waals surface area contributed by atoms with Gasteiger partial charge >= 0.3 is 0 Å². The molecule has 5 rings (SSSR count). The zero-order chi connectivity index (χ0) is 23.0. The van der Waals surface area contributed by atoms with Crippen molar-refractivity contribution in [2.45, 2.75) is 13.1 Å². The highest BCUT2D eigenvalue weighted by Crippen LogP contribution is 2.33. The first kappa shape index (κ1) is 35.1. The molecule has 2 N–H and O–H groups in total. The van der Waals surface area contributed by atoms with Crippen LogP contribution in [0.2, 0.25) is 0 Å². The Kier molecular flexibility index (Phi) is 17.1. The Bertz CT molecular complexity index is 938. The van der Waals surface area contributed by atoms with Crippen LogP contribution in [0.1, 0.15) is 11.1 Å². The Balaban J connectivity index is 0.00000180. The number of morpholine rings is 2. The van der Waals surface area contributed by atoms with E-state index < -0.39 is 0 Å². The van der Waals surface area contributed by atoms with Crippen molar-refractivity contribution in [3.8, 4) is 0 Å². The van der Waals surface area contributed by atoms with Crippen molar-refractivity contribution in [2.75, 3.05) is 78.8 Å². The van der Waals surface area contributed by atoms with Gasteiger partial charge in [-0.1, -0.05) is 48.5 Å². The second kappa shape index (κ2) is 18.4. The summed E-state index contributed by atoms with van der Waals surface area (Å²) in [5, 5.41) is 12.9. The number of ether oxygens (including phenoxy) is 2. The average molecular weight is 608 g/mol. The lowest BCUT2D eigenvalue weighted by atomic mass is 9.91. The van der Waals surface area contributed by atoms with Crippen LogP contribution in [0, 0.1) is 0 Å². The van der Waals surface area contributed by atoms with Crippen molar-refractivity contribution in [3.05, 3.63) is 59.7 Å². The predicted octanol–water partition coefficient (Wildman–Crippen LogP) is 4.52. The monoisotopic (exact) mass is 606 g/mol. The van der Waals surface area contributed by atoms with Crippen LogP contribution in [-0.4, -0.2) is 88.6 Å². The molecule has 10 heteroatoms. The second-order valence-corrected chi connectivity index (χ2v) is 9.31. The van der Waals surface area contributed by atoms with Gasteiger partial charge in [0.05, 0.1) is 26.4 Å². The van der Waals surface area contributed by atoms with E-state index in [-0.39, 0.29) is 49.6 Å². The summed E-state index contributed by atoms with van der Waals surface area (Å²) in [6.45, 7) is 13.5. The van der Waals surface area contributed by atoms with Crippen LogP contribution in [0.3, 0.4) is 0 Å². The zero-order valence-corrected chi connectivity index (χ0v) is 25.1. The molecule has 0 aromatic heterocycles. The quantitative estimate of drug-likeness (QED) is 0.261. The van der Waals surface area contributed by atoms with Crippen molar-refractivity contribution in [2.24, 2.45) is 0 Å². The lowest BCUT2D eigenvalue weighted by molar-refractivity contribution is 0.0383. The van der Waals surface area contributed by atoms with Gasteiger partial charge in [0, 0.05) is 65.4 Å². The summed E-state index contributed by atoms with van der Waals surface area (Å²) < 4.78 is 10.9. The van der Waals surface area contributed by atoms with Gasteiger partial charge in [-0.2, -0.15) is 0 Å². The first-order valence-electron chi connectivity index (χ1n) is 12.8. The maximum atomic E-state index is 5.47. The van der Waals surface area contributed by atoms with Crippen molar-refractivity contribution < 1.29 is 9.47 Å². The molecule has 0 bridgehead atoms. The molecule has 0 amide bonds. The lowest BCUT2D eigenvalue weighted by Crippen LogP contribution is -2.40. The topological polar surface area (TPSA) is 49.0 Å². The van der Waals surface area contributed by atoms with E-state index in [4.69, 9.17) is 9.47 Å². The van der Waals surface area contributed by atoms with E-state index in [1.807, 2.05) is 0 Å². The molecule has 3 aromatic carbocycles. The molecule has 2 aliphatic rings. The SMILES string of the molecule is Cl.Cl.Cl.Cl.c1ccc2c(CNCCN3CCOCC3)c3ccccc3c(CNCCN3CCOCC3)c2c1. The van der Waals surface area contributed by atoms with E-state index in [9.17, 15) is 0 Å². The fourth-order valence-corrected chi connectivity index (χ4v) is 5.24. The van der Waals surface area contributed by atoms with Crippen molar-refractivity contribution in [1.29, 1.82) is 0 Å². The third-order valence-corrected chi connectivity index (χ3v) is 7.18. The highest BCUT2D eigenvalue weighted by molar-refractivity contribution is 6.05. The Morgan fingerprint density at radius 2 is 0.842 bits per heavy atom. The number of nitrogens with zero attached hydrogens (tertiary/aromatic N) is 2.